The molecule has 0 saturated carbocycles. The molecule has 1 saturated heterocycles. The van der Waals surface area contributed by atoms with E-state index in [1.165, 1.54) is 0 Å². The molecule has 56 valence electrons. The number of hydrogen-bond acceptors (Lipinski definition) is 3. The summed E-state index contributed by atoms with van der Waals surface area (Å²) in [4.78, 5) is 3.92. The molecule has 3 heteroatoms. The van der Waals surface area contributed by atoms with Crippen LogP contribution in [0.5, 0.6) is 0 Å². The summed E-state index contributed by atoms with van der Waals surface area (Å²) < 4.78 is 5.07. The third-order valence-corrected chi connectivity index (χ3v) is 1.99. The van der Waals surface area contributed by atoms with Crippen molar-refractivity contribution in [1.29, 1.82) is 5.41 Å². The summed E-state index contributed by atoms with van der Waals surface area (Å²) in [5.74, 6) is 1.50. The molecule has 10 heavy (non-hydrogen) atoms. The maximum absolute atomic E-state index is 7.32. The van der Waals surface area contributed by atoms with Crippen LogP contribution in [-0.2, 0) is 4.74 Å². The van der Waals surface area contributed by atoms with Crippen LogP contribution in [0, 0.1) is 17.2 Å². The highest BCUT2D eigenvalue weighted by atomic mass is 16.5. The SMILES string of the molecule is CN=C1OC(=N)[C@@H](C)C1C. The van der Waals surface area contributed by atoms with Gasteiger partial charge in [0, 0.05) is 18.9 Å². The molecule has 1 heterocycles. The second-order valence-corrected chi connectivity index (χ2v) is 2.61. The summed E-state index contributed by atoms with van der Waals surface area (Å²) >= 11 is 0. The van der Waals surface area contributed by atoms with Crippen molar-refractivity contribution in [2.45, 2.75) is 13.8 Å². The summed E-state index contributed by atoms with van der Waals surface area (Å²) in [6.07, 6.45) is 0. The van der Waals surface area contributed by atoms with Gasteiger partial charge >= 0.3 is 0 Å². The van der Waals surface area contributed by atoms with Crippen molar-refractivity contribution < 1.29 is 4.74 Å². The third-order valence-electron chi connectivity index (χ3n) is 1.99. The molecule has 1 unspecified atom stereocenters. The van der Waals surface area contributed by atoms with Crippen LogP contribution in [0.15, 0.2) is 4.99 Å². The normalized spacial score (nSPS) is 36.7. The lowest BCUT2D eigenvalue weighted by Crippen LogP contribution is -2.09. The van der Waals surface area contributed by atoms with Crippen molar-refractivity contribution in [1.82, 2.24) is 0 Å². The summed E-state index contributed by atoms with van der Waals surface area (Å²) in [5, 5.41) is 7.32. The topological polar surface area (TPSA) is 45.4 Å². The Morgan fingerprint density at radius 2 is 2.00 bits per heavy atom. The zero-order valence-corrected chi connectivity index (χ0v) is 6.51. The molecule has 1 N–H and O–H groups in total. The number of rotatable bonds is 0. The molecular weight excluding hydrogens is 128 g/mol. The molecule has 0 spiro atoms. The Morgan fingerprint density at radius 1 is 1.40 bits per heavy atom. The lowest BCUT2D eigenvalue weighted by Gasteiger charge is -2.01. The summed E-state index contributed by atoms with van der Waals surface area (Å²) in [6, 6.07) is 0. The van der Waals surface area contributed by atoms with Crippen molar-refractivity contribution in [2.75, 3.05) is 7.05 Å². The highest BCUT2D eigenvalue weighted by Gasteiger charge is 2.32. The van der Waals surface area contributed by atoms with Crippen LogP contribution in [0.1, 0.15) is 13.8 Å². The molecule has 0 radical (unpaired) electrons. The molecule has 0 aromatic carbocycles. The first-order valence-electron chi connectivity index (χ1n) is 3.39. The van der Waals surface area contributed by atoms with E-state index < -0.39 is 0 Å². The molecule has 0 aromatic rings. The van der Waals surface area contributed by atoms with Crippen LogP contribution in [-0.4, -0.2) is 18.8 Å². The minimum Gasteiger partial charge on any atom is -0.429 e. The van der Waals surface area contributed by atoms with Crippen LogP contribution >= 0.6 is 0 Å². The summed E-state index contributed by atoms with van der Waals surface area (Å²) in [6.45, 7) is 4.00. The van der Waals surface area contributed by atoms with E-state index in [0.29, 0.717) is 11.8 Å². The quantitative estimate of drug-likeness (QED) is 0.541. The minimum atomic E-state index is 0.193. The van der Waals surface area contributed by atoms with Crippen molar-refractivity contribution >= 4 is 11.8 Å². The number of hydrogen-bond donors (Lipinski definition) is 1. The molecule has 1 fully saturated rings. The average molecular weight is 140 g/mol. The van der Waals surface area contributed by atoms with Crippen LogP contribution in [0.3, 0.4) is 0 Å². The number of aliphatic imine (C=N–C) groups is 1. The number of nitrogens with one attached hydrogen (secondary N) is 1. The first-order valence-corrected chi connectivity index (χ1v) is 3.39. The van der Waals surface area contributed by atoms with Crippen molar-refractivity contribution in [3.8, 4) is 0 Å². The fraction of sp³-hybridized carbons (Fsp3) is 0.714. The largest absolute Gasteiger partial charge is 0.429 e. The Morgan fingerprint density at radius 3 is 2.20 bits per heavy atom. The Bertz CT molecular complexity index is 186. The molecule has 0 amide bonds. The fourth-order valence-electron chi connectivity index (χ4n) is 0.989. The van der Waals surface area contributed by atoms with Gasteiger partial charge in [0.25, 0.3) is 0 Å². The van der Waals surface area contributed by atoms with Crippen molar-refractivity contribution in [3.05, 3.63) is 0 Å². The molecule has 1 aliphatic rings. The Hall–Kier alpha value is -0.860. The third kappa shape index (κ3) is 0.916. The Balaban J connectivity index is 2.81. The first kappa shape index (κ1) is 7.25. The Labute approximate surface area is 60.6 Å². The zero-order valence-electron chi connectivity index (χ0n) is 6.51. The molecule has 3 nitrogen and oxygen atoms in total. The van der Waals surface area contributed by atoms with Gasteiger partial charge in [0.05, 0.1) is 0 Å². The van der Waals surface area contributed by atoms with E-state index in [2.05, 4.69) is 4.99 Å². The molecule has 2 atom stereocenters. The van der Waals surface area contributed by atoms with Gasteiger partial charge in [-0.2, -0.15) is 0 Å². The Kier molecular flexibility index (Phi) is 1.74. The highest BCUT2D eigenvalue weighted by Crippen LogP contribution is 2.23. The van der Waals surface area contributed by atoms with Gasteiger partial charge in [-0.05, 0) is 0 Å². The smallest absolute Gasteiger partial charge is 0.195 e. The van der Waals surface area contributed by atoms with Gasteiger partial charge in [0.15, 0.2) is 11.8 Å². The number of ether oxygens (including phenoxy) is 1. The van der Waals surface area contributed by atoms with E-state index in [4.69, 9.17) is 10.1 Å². The van der Waals surface area contributed by atoms with Gasteiger partial charge in [0.1, 0.15) is 0 Å². The molecule has 0 aromatic heterocycles. The maximum atomic E-state index is 7.32. The van der Waals surface area contributed by atoms with Crippen LogP contribution in [0.4, 0.5) is 0 Å². The van der Waals surface area contributed by atoms with E-state index in [0.717, 1.165) is 0 Å². The summed E-state index contributed by atoms with van der Waals surface area (Å²) in [5.41, 5.74) is 0. The van der Waals surface area contributed by atoms with E-state index in [1.54, 1.807) is 7.05 Å². The summed E-state index contributed by atoms with van der Waals surface area (Å²) in [7, 11) is 1.69. The zero-order chi connectivity index (χ0) is 7.72. The van der Waals surface area contributed by atoms with Crippen molar-refractivity contribution in [2.24, 2.45) is 16.8 Å². The van der Waals surface area contributed by atoms with Crippen LogP contribution in [0.2, 0.25) is 0 Å². The van der Waals surface area contributed by atoms with E-state index in [9.17, 15) is 0 Å². The molecular formula is C7H12N2O. The van der Waals surface area contributed by atoms with Gasteiger partial charge < -0.3 is 4.74 Å². The predicted octanol–water partition coefficient (Wildman–Crippen LogP) is 1.29. The van der Waals surface area contributed by atoms with Gasteiger partial charge in [-0.1, -0.05) is 13.8 Å². The van der Waals surface area contributed by atoms with Gasteiger partial charge in [-0.15, -0.1) is 0 Å². The molecule has 1 rings (SSSR count). The van der Waals surface area contributed by atoms with E-state index >= 15 is 0 Å². The minimum absolute atomic E-state index is 0.193. The highest BCUT2D eigenvalue weighted by molar-refractivity contribution is 5.99. The average Bonchev–Trinajstić information content (AvgIpc) is 2.17. The lowest BCUT2D eigenvalue weighted by atomic mass is 9.99. The predicted molar refractivity (Wildman–Crippen MR) is 40.5 cm³/mol. The van der Waals surface area contributed by atoms with E-state index in [-0.39, 0.29) is 11.8 Å². The van der Waals surface area contributed by atoms with Crippen LogP contribution < -0.4 is 0 Å². The maximum Gasteiger partial charge on any atom is 0.195 e. The van der Waals surface area contributed by atoms with Gasteiger partial charge in [-0.25, -0.2) is 0 Å². The molecule has 1 aliphatic heterocycles. The second kappa shape index (κ2) is 2.40. The fourth-order valence-corrected chi connectivity index (χ4v) is 0.989. The van der Waals surface area contributed by atoms with Gasteiger partial charge in [0.2, 0.25) is 0 Å². The standard InChI is InChI=1S/C7H12N2O/c1-4-5(2)7(9-3)10-6(4)8/h4-5,8H,1-3H3/t4-,5?/m0/s1. The molecule has 0 aliphatic carbocycles. The van der Waals surface area contributed by atoms with Crippen LogP contribution in [0.25, 0.3) is 0 Å². The van der Waals surface area contributed by atoms with Crippen molar-refractivity contribution in [3.63, 3.8) is 0 Å². The first-order chi connectivity index (χ1) is 4.66. The number of nitrogens with zero attached hydrogens (tertiary/aromatic N) is 1. The monoisotopic (exact) mass is 140 g/mol. The van der Waals surface area contributed by atoms with Gasteiger partial charge in [-0.3, -0.25) is 10.4 Å². The second-order valence-electron chi connectivity index (χ2n) is 2.61. The molecule has 0 bridgehead atoms. The lowest BCUT2D eigenvalue weighted by molar-refractivity contribution is 0.540. The van der Waals surface area contributed by atoms with E-state index in [1.807, 2.05) is 13.8 Å².